The van der Waals surface area contributed by atoms with E-state index in [4.69, 9.17) is 4.98 Å². The fourth-order valence-electron chi connectivity index (χ4n) is 2.98. The molecule has 0 N–H and O–H groups in total. The van der Waals surface area contributed by atoms with Crippen LogP contribution in [0.15, 0.2) is 48.5 Å². The van der Waals surface area contributed by atoms with E-state index in [0.29, 0.717) is 0 Å². The highest BCUT2D eigenvalue weighted by molar-refractivity contribution is 5.94. The van der Waals surface area contributed by atoms with Gasteiger partial charge in [-0.15, -0.1) is 0 Å². The molecule has 3 aromatic rings. The largest absolute Gasteiger partial charge is 0.252 e. The Hall–Kier alpha value is -2.15. The molecule has 1 aromatic heterocycles. The summed E-state index contributed by atoms with van der Waals surface area (Å²) in [6, 6.07) is 17.2. The molecule has 1 aliphatic rings. The van der Waals surface area contributed by atoms with Crippen LogP contribution in [-0.4, -0.2) is 4.98 Å². The fraction of sp³-hybridized carbons (Fsp3) is 0.118. The summed E-state index contributed by atoms with van der Waals surface area (Å²) in [6.07, 6.45) is 1.01. The van der Waals surface area contributed by atoms with Gasteiger partial charge < -0.3 is 0 Å². The van der Waals surface area contributed by atoms with Gasteiger partial charge in [-0.3, -0.25) is 4.98 Å². The average molecular weight is 231 g/mol. The maximum Gasteiger partial charge on any atom is 0.0749 e. The molecular weight excluding hydrogens is 218 g/mol. The van der Waals surface area contributed by atoms with E-state index in [2.05, 4.69) is 55.5 Å². The zero-order chi connectivity index (χ0) is 12.1. The quantitative estimate of drug-likeness (QED) is 0.443. The highest BCUT2D eigenvalue weighted by atomic mass is 14.7. The molecule has 2 aromatic carbocycles. The molecule has 1 heteroatoms. The summed E-state index contributed by atoms with van der Waals surface area (Å²) in [5.74, 6) is 0. The van der Waals surface area contributed by atoms with Gasteiger partial charge in [-0.25, -0.2) is 0 Å². The Balaban J connectivity index is 2.14. The number of rotatable bonds is 0. The lowest BCUT2D eigenvalue weighted by Gasteiger charge is -2.07. The number of hydrogen-bond donors (Lipinski definition) is 0. The lowest BCUT2D eigenvalue weighted by molar-refractivity contribution is 1.21. The summed E-state index contributed by atoms with van der Waals surface area (Å²) in [5, 5.41) is 2.64. The molecule has 0 amide bonds. The van der Waals surface area contributed by atoms with Crippen LogP contribution in [0.25, 0.3) is 22.0 Å². The Morgan fingerprint density at radius 1 is 0.889 bits per heavy atom. The van der Waals surface area contributed by atoms with Gasteiger partial charge >= 0.3 is 0 Å². The molecule has 0 saturated carbocycles. The molecule has 1 nitrogen and oxygen atoms in total. The third-order valence-corrected chi connectivity index (χ3v) is 3.85. The van der Waals surface area contributed by atoms with Crippen molar-refractivity contribution in [3.63, 3.8) is 0 Å². The van der Waals surface area contributed by atoms with Gasteiger partial charge in [-0.2, -0.15) is 0 Å². The van der Waals surface area contributed by atoms with Crippen molar-refractivity contribution >= 4 is 10.8 Å². The van der Waals surface area contributed by atoms with E-state index >= 15 is 0 Å². The lowest BCUT2D eigenvalue weighted by Crippen LogP contribution is -1.92. The van der Waals surface area contributed by atoms with Gasteiger partial charge in [-0.05, 0) is 23.4 Å². The number of benzene rings is 2. The predicted molar refractivity (Wildman–Crippen MR) is 74.7 cm³/mol. The first-order valence-corrected chi connectivity index (χ1v) is 6.31. The molecule has 0 spiro atoms. The number of aryl methyl sites for hydroxylation is 1. The Bertz CT molecular complexity index is 772. The second-order valence-electron chi connectivity index (χ2n) is 4.90. The van der Waals surface area contributed by atoms with Crippen LogP contribution in [0.3, 0.4) is 0 Å². The van der Waals surface area contributed by atoms with Crippen LogP contribution in [0, 0.1) is 6.92 Å². The highest BCUT2D eigenvalue weighted by Crippen LogP contribution is 2.39. The Morgan fingerprint density at radius 3 is 2.50 bits per heavy atom. The van der Waals surface area contributed by atoms with Gasteiger partial charge in [0.2, 0.25) is 0 Å². The standard InChI is InChI=1S/C17H13N/c1-11-13-7-4-5-9-15(13)16-10-12-6-2-3-8-14(12)17(16)18-11/h2-9H,10H2,1H3. The summed E-state index contributed by atoms with van der Waals surface area (Å²) in [7, 11) is 0. The lowest BCUT2D eigenvalue weighted by atomic mass is 10.0. The van der Waals surface area contributed by atoms with Gasteiger partial charge in [0.15, 0.2) is 0 Å². The highest BCUT2D eigenvalue weighted by Gasteiger charge is 2.22. The minimum absolute atomic E-state index is 1.01. The van der Waals surface area contributed by atoms with E-state index < -0.39 is 0 Å². The molecule has 0 aliphatic heterocycles. The zero-order valence-corrected chi connectivity index (χ0v) is 10.3. The van der Waals surface area contributed by atoms with Crippen molar-refractivity contribution in [2.24, 2.45) is 0 Å². The summed E-state index contributed by atoms with van der Waals surface area (Å²) in [5.41, 5.74) is 6.40. The summed E-state index contributed by atoms with van der Waals surface area (Å²) in [6.45, 7) is 2.10. The molecule has 0 bridgehead atoms. The second-order valence-corrected chi connectivity index (χ2v) is 4.90. The first-order chi connectivity index (χ1) is 8.84. The molecule has 0 saturated heterocycles. The minimum Gasteiger partial charge on any atom is -0.252 e. The fourth-order valence-corrected chi connectivity index (χ4v) is 2.98. The van der Waals surface area contributed by atoms with Crippen LogP contribution >= 0.6 is 0 Å². The molecule has 0 unspecified atom stereocenters. The Morgan fingerprint density at radius 2 is 1.61 bits per heavy atom. The van der Waals surface area contributed by atoms with Crippen LogP contribution in [0.2, 0.25) is 0 Å². The van der Waals surface area contributed by atoms with Crippen LogP contribution in [0.5, 0.6) is 0 Å². The third-order valence-electron chi connectivity index (χ3n) is 3.85. The smallest absolute Gasteiger partial charge is 0.0749 e. The van der Waals surface area contributed by atoms with Gasteiger partial charge in [0.1, 0.15) is 0 Å². The van der Waals surface area contributed by atoms with Crippen molar-refractivity contribution in [3.05, 3.63) is 65.4 Å². The molecule has 0 fully saturated rings. The maximum absolute atomic E-state index is 4.82. The topological polar surface area (TPSA) is 12.9 Å². The monoisotopic (exact) mass is 231 g/mol. The zero-order valence-electron chi connectivity index (χ0n) is 10.3. The molecule has 1 heterocycles. The van der Waals surface area contributed by atoms with Crippen LogP contribution in [0.4, 0.5) is 0 Å². The average Bonchev–Trinajstić information content (AvgIpc) is 2.78. The van der Waals surface area contributed by atoms with Gasteiger partial charge in [-0.1, -0.05) is 48.5 Å². The van der Waals surface area contributed by atoms with Crippen molar-refractivity contribution in [2.45, 2.75) is 13.3 Å². The molecular formula is C17H13N. The van der Waals surface area contributed by atoms with Crippen LogP contribution in [-0.2, 0) is 6.42 Å². The van der Waals surface area contributed by atoms with Crippen molar-refractivity contribution < 1.29 is 0 Å². The summed E-state index contributed by atoms with van der Waals surface area (Å²) >= 11 is 0. The Labute approximate surface area is 106 Å². The van der Waals surface area contributed by atoms with Crippen molar-refractivity contribution in [2.75, 3.05) is 0 Å². The number of pyridine rings is 1. The third kappa shape index (κ3) is 1.19. The van der Waals surface area contributed by atoms with E-state index in [9.17, 15) is 0 Å². The first-order valence-electron chi connectivity index (χ1n) is 6.31. The second kappa shape index (κ2) is 3.42. The molecule has 0 radical (unpaired) electrons. The van der Waals surface area contributed by atoms with E-state index in [1.807, 2.05) is 0 Å². The number of fused-ring (bicyclic) bond motifs is 5. The molecule has 86 valence electrons. The van der Waals surface area contributed by atoms with Gasteiger partial charge in [0.25, 0.3) is 0 Å². The number of hydrogen-bond acceptors (Lipinski definition) is 1. The van der Waals surface area contributed by atoms with Crippen molar-refractivity contribution in [1.29, 1.82) is 0 Å². The van der Waals surface area contributed by atoms with Gasteiger partial charge in [0, 0.05) is 23.1 Å². The maximum atomic E-state index is 4.82. The number of aromatic nitrogens is 1. The van der Waals surface area contributed by atoms with E-state index in [1.54, 1.807) is 0 Å². The minimum atomic E-state index is 1.01. The summed E-state index contributed by atoms with van der Waals surface area (Å²) in [4.78, 5) is 4.82. The van der Waals surface area contributed by atoms with E-state index in [1.165, 1.54) is 33.2 Å². The van der Waals surface area contributed by atoms with E-state index in [-0.39, 0.29) is 0 Å². The molecule has 4 rings (SSSR count). The normalized spacial score (nSPS) is 12.5. The van der Waals surface area contributed by atoms with Crippen molar-refractivity contribution in [1.82, 2.24) is 4.98 Å². The Kier molecular flexibility index (Phi) is 1.87. The molecule has 1 aliphatic carbocycles. The predicted octanol–water partition coefficient (Wildman–Crippen LogP) is 4.11. The van der Waals surface area contributed by atoms with Crippen LogP contribution < -0.4 is 0 Å². The first kappa shape index (κ1) is 9.84. The van der Waals surface area contributed by atoms with E-state index in [0.717, 1.165) is 12.1 Å². The SMILES string of the molecule is Cc1nc2c(c3ccccc13)Cc1ccccc1-2. The van der Waals surface area contributed by atoms with Crippen molar-refractivity contribution in [3.8, 4) is 11.3 Å². The van der Waals surface area contributed by atoms with Gasteiger partial charge in [0.05, 0.1) is 5.69 Å². The van der Waals surface area contributed by atoms with Crippen LogP contribution in [0.1, 0.15) is 16.8 Å². The number of nitrogens with zero attached hydrogens (tertiary/aromatic N) is 1. The summed E-state index contributed by atoms with van der Waals surface area (Å²) < 4.78 is 0. The molecule has 0 atom stereocenters. The molecule has 18 heavy (non-hydrogen) atoms.